The highest BCUT2D eigenvalue weighted by molar-refractivity contribution is 6.03. The molecule has 0 radical (unpaired) electrons. The predicted octanol–water partition coefficient (Wildman–Crippen LogP) is 3.20. The summed E-state index contributed by atoms with van der Waals surface area (Å²) in [5, 5.41) is 0. The molecule has 1 saturated heterocycles. The Kier molecular flexibility index (Phi) is 6.26. The number of esters is 1. The maximum absolute atomic E-state index is 13.1. The van der Waals surface area contributed by atoms with Crippen LogP contribution < -0.4 is 0 Å². The Morgan fingerprint density at radius 1 is 1.29 bits per heavy atom. The third-order valence-corrected chi connectivity index (χ3v) is 4.96. The highest BCUT2D eigenvalue weighted by Crippen LogP contribution is 2.24. The number of aromatic amines is 1. The first-order valence-electron chi connectivity index (χ1n) is 9.39. The second kappa shape index (κ2) is 8.67. The summed E-state index contributed by atoms with van der Waals surface area (Å²) < 4.78 is 24.0. The van der Waals surface area contributed by atoms with Crippen LogP contribution in [-0.4, -0.2) is 54.5 Å². The number of rotatable bonds is 6. The molecule has 1 aliphatic heterocycles. The molecule has 0 saturated carbocycles. The van der Waals surface area contributed by atoms with Gasteiger partial charge in [-0.3, -0.25) is 9.69 Å². The molecule has 1 aromatic heterocycles. The van der Waals surface area contributed by atoms with Crippen LogP contribution in [0.2, 0.25) is 0 Å². The van der Waals surface area contributed by atoms with E-state index >= 15 is 0 Å². The van der Waals surface area contributed by atoms with Crippen molar-refractivity contribution in [1.29, 1.82) is 0 Å². The smallest absolute Gasteiger partial charge is 0.355 e. The summed E-state index contributed by atoms with van der Waals surface area (Å²) >= 11 is 0. The Balaban J connectivity index is 1.70. The number of nitrogens with one attached hydrogen (secondary N) is 1. The fourth-order valence-electron chi connectivity index (χ4n) is 3.58. The van der Waals surface area contributed by atoms with Gasteiger partial charge in [0, 0.05) is 24.3 Å². The van der Waals surface area contributed by atoms with Crippen molar-refractivity contribution >= 4 is 11.8 Å². The first-order valence-corrected chi connectivity index (χ1v) is 9.39. The van der Waals surface area contributed by atoms with Gasteiger partial charge in [-0.25, -0.2) is 9.18 Å². The van der Waals surface area contributed by atoms with Crippen LogP contribution in [0.25, 0.3) is 0 Å². The largest absolute Gasteiger partial charge is 0.461 e. The zero-order valence-electron chi connectivity index (χ0n) is 16.4. The van der Waals surface area contributed by atoms with Gasteiger partial charge >= 0.3 is 5.97 Å². The average Bonchev–Trinajstić information content (AvgIpc) is 2.97. The summed E-state index contributed by atoms with van der Waals surface area (Å²) in [4.78, 5) is 30.0. The van der Waals surface area contributed by atoms with Gasteiger partial charge in [-0.05, 0) is 44.0 Å². The van der Waals surface area contributed by atoms with Crippen molar-refractivity contribution in [2.75, 3.05) is 32.8 Å². The second-order valence-electron chi connectivity index (χ2n) is 6.91. The van der Waals surface area contributed by atoms with Crippen LogP contribution in [0.4, 0.5) is 4.39 Å². The number of Topliss-reactive ketones (excluding diaryl/α,β-unsaturated/α-hetero) is 1. The lowest BCUT2D eigenvalue weighted by molar-refractivity contribution is -0.0275. The number of halogens is 1. The molecule has 0 amide bonds. The predicted molar refractivity (Wildman–Crippen MR) is 102 cm³/mol. The summed E-state index contributed by atoms with van der Waals surface area (Å²) in [6.45, 7) is 7.45. The molecule has 1 N–H and O–H groups in total. The van der Waals surface area contributed by atoms with Crippen LogP contribution in [0.5, 0.6) is 0 Å². The summed E-state index contributed by atoms with van der Waals surface area (Å²) in [5.41, 5.74) is 3.03. The lowest BCUT2D eigenvalue weighted by Crippen LogP contribution is -2.41. The molecule has 28 heavy (non-hydrogen) atoms. The SMILES string of the molecule is CCOC(=O)c1[nH]c(C)c(C(=O)CN2CCOC(c3ccc(F)cc3)C2)c1C. The summed E-state index contributed by atoms with van der Waals surface area (Å²) in [5.74, 6) is -0.797. The number of ketones is 1. The van der Waals surface area contributed by atoms with Crippen LogP contribution in [0.15, 0.2) is 24.3 Å². The number of carbonyl (C=O) groups excluding carboxylic acids is 2. The Morgan fingerprint density at radius 2 is 2.00 bits per heavy atom. The van der Waals surface area contributed by atoms with Crippen molar-refractivity contribution in [3.63, 3.8) is 0 Å². The van der Waals surface area contributed by atoms with Crippen LogP contribution in [0.3, 0.4) is 0 Å². The van der Waals surface area contributed by atoms with Crippen molar-refractivity contribution in [3.8, 4) is 0 Å². The maximum atomic E-state index is 13.1. The molecule has 2 heterocycles. The van der Waals surface area contributed by atoms with Gasteiger partial charge < -0.3 is 14.5 Å². The number of morpholine rings is 1. The van der Waals surface area contributed by atoms with Gasteiger partial charge in [-0.1, -0.05) is 12.1 Å². The van der Waals surface area contributed by atoms with Crippen LogP contribution >= 0.6 is 0 Å². The van der Waals surface area contributed by atoms with E-state index in [0.717, 1.165) is 5.56 Å². The van der Waals surface area contributed by atoms with E-state index in [0.29, 0.717) is 42.2 Å². The summed E-state index contributed by atoms with van der Waals surface area (Å²) in [6, 6.07) is 6.23. The molecular formula is C21H25FN2O4. The van der Waals surface area contributed by atoms with Gasteiger partial charge in [-0.2, -0.15) is 0 Å². The minimum atomic E-state index is -0.454. The lowest BCUT2D eigenvalue weighted by Gasteiger charge is -2.32. The van der Waals surface area contributed by atoms with Gasteiger partial charge in [0.2, 0.25) is 0 Å². The standard InChI is InChI=1S/C21H25FN2O4/c1-4-27-21(26)20-13(2)19(14(3)23-20)17(25)11-24-9-10-28-18(12-24)15-5-7-16(22)8-6-15/h5-8,18,23H,4,9-12H2,1-3H3. The number of carbonyl (C=O) groups is 2. The van der Waals surface area contributed by atoms with E-state index in [1.165, 1.54) is 12.1 Å². The maximum Gasteiger partial charge on any atom is 0.355 e. The quantitative estimate of drug-likeness (QED) is 0.608. The van der Waals surface area contributed by atoms with E-state index in [9.17, 15) is 14.0 Å². The van der Waals surface area contributed by atoms with E-state index in [1.807, 2.05) is 4.90 Å². The highest BCUT2D eigenvalue weighted by Gasteiger charge is 2.27. The van der Waals surface area contributed by atoms with Crippen molar-refractivity contribution < 1.29 is 23.5 Å². The molecule has 7 heteroatoms. The molecule has 0 spiro atoms. The van der Waals surface area contributed by atoms with E-state index in [1.54, 1.807) is 32.9 Å². The number of H-pyrrole nitrogens is 1. The molecule has 1 unspecified atom stereocenters. The van der Waals surface area contributed by atoms with E-state index < -0.39 is 5.97 Å². The number of hydrogen-bond acceptors (Lipinski definition) is 5. The van der Waals surface area contributed by atoms with E-state index in [2.05, 4.69) is 4.98 Å². The topological polar surface area (TPSA) is 71.6 Å². The van der Waals surface area contributed by atoms with Crippen LogP contribution in [0, 0.1) is 19.7 Å². The van der Waals surface area contributed by atoms with Crippen molar-refractivity contribution in [2.45, 2.75) is 26.9 Å². The van der Waals surface area contributed by atoms with Crippen molar-refractivity contribution in [2.24, 2.45) is 0 Å². The molecular weight excluding hydrogens is 363 g/mol. The summed E-state index contributed by atoms with van der Waals surface area (Å²) in [7, 11) is 0. The Labute approximate surface area is 163 Å². The average molecular weight is 388 g/mol. The number of nitrogens with zero attached hydrogens (tertiary/aromatic N) is 1. The molecule has 1 aromatic carbocycles. The lowest BCUT2D eigenvalue weighted by atomic mass is 10.0. The molecule has 1 fully saturated rings. The minimum absolute atomic E-state index is 0.0541. The van der Waals surface area contributed by atoms with Crippen LogP contribution in [-0.2, 0) is 9.47 Å². The van der Waals surface area contributed by atoms with Gasteiger partial charge in [0.25, 0.3) is 0 Å². The molecule has 150 valence electrons. The molecule has 2 aromatic rings. The first-order chi connectivity index (χ1) is 13.4. The Hall–Kier alpha value is -2.51. The number of aromatic nitrogens is 1. The fourth-order valence-corrected chi connectivity index (χ4v) is 3.58. The first kappa shape index (κ1) is 20.2. The van der Waals surface area contributed by atoms with Gasteiger partial charge in [-0.15, -0.1) is 0 Å². The molecule has 0 aliphatic carbocycles. The normalized spacial score (nSPS) is 17.5. The number of aryl methyl sites for hydroxylation is 1. The zero-order valence-corrected chi connectivity index (χ0v) is 16.4. The van der Waals surface area contributed by atoms with Gasteiger partial charge in [0.1, 0.15) is 11.5 Å². The Bertz CT molecular complexity index is 860. The number of hydrogen-bond donors (Lipinski definition) is 1. The second-order valence-corrected chi connectivity index (χ2v) is 6.91. The third-order valence-electron chi connectivity index (χ3n) is 4.96. The van der Waals surface area contributed by atoms with Gasteiger partial charge in [0.15, 0.2) is 5.78 Å². The monoisotopic (exact) mass is 388 g/mol. The number of benzene rings is 1. The molecule has 6 nitrogen and oxygen atoms in total. The number of ether oxygens (including phenoxy) is 2. The summed E-state index contributed by atoms with van der Waals surface area (Å²) in [6.07, 6.45) is -0.203. The van der Waals surface area contributed by atoms with Crippen molar-refractivity contribution in [3.05, 3.63) is 58.2 Å². The van der Waals surface area contributed by atoms with Crippen molar-refractivity contribution in [1.82, 2.24) is 9.88 Å². The molecule has 1 aliphatic rings. The third kappa shape index (κ3) is 4.31. The van der Waals surface area contributed by atoms with Gasteiger partial charge in [0.05, 0.1) is 25.9 Å². The van der Waals surface area contributed by atoms with E-state index in [-0.39, 0.29) is 30.9 Å². The molecule has 3 rings (SSSR count). The fraction of sp³-hybridized carbons (Fsp3) is 0.429. The van der Waals surface area contributed by atoms with E-state index in [4.69, 9.17) is 9.47 Å². The zero-order chi connectivity index (χ0) is 20.3. The minimum Gasteiger partial charge on any atom is -0.461 e. The Morgan fingerprint density at radius 3 is 2.68 bits per heavy atom. The molecule has 0 bridgehead atoms. The highest BCUT2D eigenvalue weighted by atomic mass is 19.1. The van der Waals surface area contributed by atoms with Crippen LogP contribution in [0.1, 0.15) is 50.7 Å². The molecule has 1 atom stereocenters.